The molecule has 1 aromatic rings. The second-order valence-electron chi connectivity index (χ2n) is 5.02. The van der Waals surface area contributed by atoms with E-state index >= 15 is 0 Å². The van der Waals surface area contributed by atoms with Crippen molar-refractivity contribution in [2.24, 2.45) is 0 Å². The second-order valence-corrected chi connectivity index (χ2v) is 6.26. The highest BCUT2D eigenvalue weighted by atomic mass is 127. The lowest BCUT2D eigenvalue weighted by Crippen LogP contribution is -2.27. The van der Waals surface area contributed by atoms with Crippen molar-refractivity contribution in [2.45, 2.75) is 57.9 Å². The molecule has 0 saturated heterocycles. The Morgan fingerprint density at radius 1 is 1.06 bits per heavy atom. The molecule has 1 N–H and O–H groups in total. The summed E-state index contributed by atoms with van der Waals surface area (Å²) in [6, 6.07) is 9.53. The van der Waals surface area contributed by atoms with E-state index in [-0.39, 0.29) is 0 Å². The van der Waals surface area contributed by atoms with Crippen LogP contribution in [0.5, 0.6) is 0 Å². The van der Waals surface area contributed by atoms with Gasteiger partial charge in [-0.1, -0.05) is 51.2 Å². The summed E-state index contributed by atoms with van der Waals surface area (Å²) in [5, 5.41) is 3.45. The smallest absolute Gasteiger partial charge is 0.0130 e. The van der Waals surface area contributed by atoms with Crippen LogP contribution in [0, 0.1) is 3.57 Å². The van der Waals surface area contributed by atoms with Gasteiger partial charge in [0.25, 0.3) is 0 Å². The average molecular weight is 359 g/mol. The first-order valence-electron chi connectivity index (χ1n) is 7.18. The Kier molecular flexibility index (Phi) is 8.68. The Morgan fingerprint density at radius 2 is 1.72 bits per heavy atom. The van der Waals surface area contributed by atoms with Crippen molar-refractivity contribution in [2.75, 3.05) is 7.05 Å². The molecular weight excluding hydrogens is 333 g/mol. The molecule has 1 atom stereocenters. The monoisotopic (exact) mass is 359 g/mol. The standard InChI is InChI=1S/C16H26IN/c1-3-4-5-6-7-8-16(18-2)13-14-9-11-15(17)12-10-14/h9-12,16,18H,3-8,13H2,1-2H3. The second kappa shape index (κ2) is 9.79. The zero-order valence-electron chi connectivity index (χ0n) is 11.7. The maximum Gasteiger partial charge on any atom is 0.0130 e. The molecule has 0 aliphatic carbocycles. The van der Waals surface area contributed by atoms with Crippen molar-refractivity contribution in [1.29, 1.82) is 0 Å². The van der Waals surface area contributed by atoms with Gasteiger partial charge in [-0.3, -0.25) is 0 Å². The van der Waals surface area contributed by atoms with Gasteiger partial charge in [-0.2, -0.15) is 0 Å². The zero-order valence-corrected chi connectivity index (χ0v) is 13.9. The van der Waals surface area contributed by atoms with Gasteiger partial charge in [0.05, 0.1) is 0 Å². The van der Waals surface area contributed by atoms with E-state index in [1.165, 1.54) is 47.7 Å². The van der Waals surface area contributed by atoms with Gasteiger partial charge in [0.2, 0.25) is 0 Å². The van der Waals surface area contributed by atoms with E-state index in [2.05, 4.69) is 66.1 Å². The molecule has 1 rings (SSSR count). The van der Waals surface area contributed by atoms with Crippen molar-refractivity contribution >= 4 is 22.6 Å². The van der Waals surface area contributed by atoms with Crippen molar-refractivity contribution in [1.82, 2.24) is 5.32 Å². The van der Waals surface area contributed by atoms with E-state index in [1.54, 1.807) is 0 Å². The summed E-state index contributed by atoms with van der Waals surface area (Å²) < 4.78 is 1.32. The fourth-order valence-electron chi connectivity index (χ4n) is 2.25. The average Bonchev–Trinajstić information content (AvgIpc) is 2.39. The minimum atomic E-state index is 0.631. The van der Waals surface area contributed by atoms with Gasteiger partial charge < -0.3 is 5.32 Å². The zero-order chi connectivity index (χ0) is 13.2. The summed E-state index contributed by atoms with van der Waals surface area (Å²) in [5.74, 6) is 0. The van der Waals surface area contributed by atoms with Crippen LogP contribution in [0.1, 0.15) is 51.0 Å². The van der Waals surface area contributed by atoms with Gasteiger partial charge in [0, 0.05) is 9.61 Å². The molecule has 1 aromatic carbocycles. The third kappa shape index (κ3) is 6.74. The summed E-state index contributed by atoms with van der Waals surface area (Å²) in [6.07, 6.45) is 9.32. The number of benzene rings is 1. The first kappa shape index (κ1) is 16.0. The van der Waals surface area contributed by atoms with Gasteiger partial charge in [0.15, 0.2) is 0 Å². The number of hydrogen-bond acceptors (Lipinski definition) is 1. The molecule has 0 bridgehead atoms. The van der Waals surface area contributed by atoms with E-state index in [4.69, 9.17) is 0 Å². The lowest BCUT2D eigenvalue weighted by molar-refractivity contribution is 0.482. The SMILES string of the molecule is CCCCCCCC(Cc1ccc(I)cc1)NC. The molecule has 0 aliphatic heterocycles. The van der Waals surface area contributed by atoms with Gasteiger partial charge in [-0.15, -0.1) is 0 Å². The molecule has 0 heterocycles. The van der Waals surface area contributed by atoms with Crippen molar-refractivity contribution in [3.8, 4) is 0 Å². The lowest BCUT2D eigenvalue weighted by Gasteiger charge is -2.16. The first-order valence-corrected chi connectivity index (χ1v) is 8.25. The number of unbranched alkanes of at least 4 members (excludes halogenated alkanes) is 4. The molecule has 1 nitrogen and oxygen atoms in total. The van der Waals surface area contributed by atoms with Crippen LogP contribution in [0.2, 0.25) is 0 Å². The highest BCUT2D eigenvalue weighted by Gasteiger charge is 2.06. The minimum absolute atomic E-state index is 0.631. The van der Waals surface area contributed by atoms with Crippen LogP contribution < -0.4 is 5.32 Å². The predicted octanol–water partition coefficient (Wildman–Crippen LogP) is 4.78. The number of likely N-dealkylation sites (N-methyl/N-ethyl adjacent to an activating group) is 1. The Balaban J connectivity index is 2.26. The molecule has 0 amide bonds. The summed E-state index contributed by atoms with van der Waals surface area (Å²) in [4.78, 5) is 0. The number of rotatable bonds is 9. The van der Waals surface area contributed by atoms with Crippen LogP contribution >= 0.6 is 22.6 Å². The lowest BCUT2D eigenvalue weighted by atomic mass is 10.00. The molecule has 0 aromatic heterocycles. The van der Waals surface area contributed by atoms with E-state index in [1.807, 2.05) is 0 Å². The highest BCUT2D eigenvalue weighted by molar-refractivity contribution is 14.1. The molecule has 2 heteroatoms. The predicted molar refractivity (Wildman–Crippen MR) is 89.1 cm³/mol. The summed E-state index contributed by atoms with van der Waals surface area (Å²) >= 11 is 2.36. The maximum absolute atomic E-state index is 3.45. The maximum atomic E-state index is 3.45. The van der Waals surface area contributed by atoms with E-state index in [0.29, 0.717) is 6.04 Å². The topological polar surface area (TPSA) is 12.0 Å². The van der Waals surface area contributed by atoms with Crippen LogP contribution in [0.25, 0.3) is 0 Å². The molecular formula is C16H26IN. The van der Waals surface area contributed by atoms with Crippen molar-refractivity contribution in [3.05, 3.63) is 33.4 Å². The normalized spacial score (nSPS) is 12.6. The van der Waals surface area contributed by atoms with Gasteiger partial charge >= 0.3 is 0 Å². The van der Waals surface area contributed by atoms with Crippen molar-refractivity contribution < 1.29 is 0 Å². The van der Waals surface area contributed by atoms with E-state index < -0.39 is 0 Å². The first-order chi connectivity index (χ1) is 8.76. The number of nitrogens with one attached hydrogen (secondary N) is 1. The fourth-order valence-corrected chi connectivity index (χ4v) is 2.61. The van der Waals surface area contributed by atoms with Crippen LogP contribution in [0.4, 0.5) is 0 Å². The summed E-state index contributed by atoms with van der Waals surface area (Å²) in [5.41, 5.74) is 1.45. The molecule has 102 valence electrons. The fraction of sp³-hybridized carbons (Fsp3) is 0.625. The Hall–Kier alpha value is -0.0900. The molecule has 0 fully saturated rings. The third-order valence-corrected chi connectivity index (χ3v) is 4.18. The van der Waals surface area contributed by atoms with E-state index in [0.717, 1.165) is 6.42 Å². The quantitative estimate of drug-likeness (QED) is 0.494. The van der Waals surface area contributed by atoms with Crippen LogP contribution in [-0.4, -0.2) is 13.1 Å². The Morgan fingerprint density at radius 3 is 2.33 bits per heavy atom. The third-order valence-electron chi connectivity index (χ3n) is 3.46. The van der Waals surface area contributed by atoms with E-state index in [9.17, 15) is 0 Å². The van der Waals surface area contributed by atoms with Crippen LogP contribution in [0.3, 0.4) is 0 Å². The Labute approximate surface area is 126 Å². The van der Waals surface area contributed by atoms with Gasteiger partial charge in [-0.05, 0) is 60.2 Å². The largest absolute Gasteiger partial charge is 0.317 e. The minimum Gasteiger partial charge on any atom is -0.317 e. The van der Waals surface area contributed by atoms with Crippen LogP contribution in [0.15, 0.2) is 24.3 Å². The highest BCUT2D eigenvalue weighted by Crippen LogP contribution is 2.13. The molecule has 1 unspecified atom stereocenters. The van der Waals surface area contributed by atoms with Gasteiger partial charge in [0.1, 0.15) is 0 Å². The number of hydrogen-bond donors (Lipinski definition) is 1. The Bertz CT molecular complexity index is 307. The molecule has 0 aliphatic rings. The molecule has 0 spiro atoms. The van der Waals surface area contributed by atoms with Crippen molar-refractivity contribution in [3.63, 3.8) is 0 Å². The summed E-state index contributed by atoms with van der Waals surface area (Å²) in [7, 11) is 2.09. The molecule has 0 saturated carbocycles. The van der Waals surface area contributed by atoms with Gasteiger partial charge in [-0.25, -0.2) is 0 Å². The van der Waals surface area contributed by atoms with Crippen LogP contribution in [-0.2, 0) is 6.42 Å². The summed E-state index contributed by atoms with van der Waals surface area (Å²) in [6.45, 7) is 2.27. The number of halogens is 1. The molecule has 0 radical (unpaired) electrons. The molecule has 18 heavy (non-hydrogen) atoms.